The molecule has 1 N–H and O–H groups in total. The number of aromatic amines is 1. The van der Waals surface area contributed by atoms with Gasteiger partial charge in [-0.1, -0.05) is 30.3 Å². The first-order chi connectivity index (χ1) is 10.3. The Morgan fingerprint density at radius 3 is 2.71 bits per heavy atom. The molecule has 1 unspecified atom stereocenters. The maximum atomic E-state index is 12.7. The highest BCUT2D eigenvalue weighted by atomic mass is 32.2. The maximum absolute atomic E-state index is 12.7. The Kier molecular flexibility index (Phi) is 4.10. The van der Waals surface area contributed by atoms with Crippen molar-refractivity contribution in [2.24, 2.45) is 0 Å². The summed E-state index contributed by atoms with van der Waals surface area (Å²) in [6.07, 6.45) is 1.49. The monoisotopic (exact) mass is 300 g/mol. The van der Waals surface area contributed by atoms with Crippen LogP contribution in [0.15, 0.2) is 53.5 Å². The van der Waals surface area contributed by atoms with E-state index in [9.17, 15) is 9.59 Å². The Morgan fingerprint density at radius 1 is 1.19 bits per heavy atom. The standard InChI is InChI=1S/C16H16N2O2S/c19-15-7-6-13(10-17-15)16(20)18-8-9-21-11-14(18)12-4-2-1-3-5-12/h1-7,10,14H,8-9,11H2,(H,17,19). The topological polar surface area (TPSA) is 53.2 Å². The number of hydrogen-bond acceptors (Lipinski definition) is 3. The van der Waals surface area contributed by atoms with Crippen molar-refractivity contribution < 1.29 is 4.79 Å². The van der Waals surface area contributed by atoms with E-state index in [0.29, 0.717) is 5.56 Å². The molecule has 1 saturated heterocycles. The number of aromatic nitrogens is 1. The molecular formula is C16H16N2O2S. The number of carbonyl (C=O) groups excluding carboxylic acids is 1. The third-order valence-electron chi connectivity index (χ3n) is 3.60. The van der Waals surface area contributed by atoms with Crippen LogP contribution < -0.4 is 5.56 Å². The quantitative estimate of drug-likeness (QED) is 0.926. The number of amides is 1. The van der Waals surface area contributed by atoms with Gasteiger partial charge in [-0.3, -0.25) is 9.59 Å². The van der Waals surface area contributed by atoms with Crippen LogP contribution >= 0.6 is 11.8 Å². The predicted octanol–water partition coefficient (Wildman–Crippen LogP) is 2.31. The average molecular weight is 300 g/mol. The SMILES string of the molecule is O=C(c1ccc(=O)[nH]c1)N1CCSCC1c1ccccc1. The number of nitrogens with one attached hydrogen (secondary N) is 1. The molecule has 21 heavy (non-hydrogen) atoms. The number of pyridine rings is 1. The predicted molar refractivity (Wildman–Crippen MR) is 84.6 cm³/mol. The number of rotatable bonds is 2. The van der Waals surface area contributed by atoms with E-state index >= 15 is 0 Å². The van der Waals surface area contributed by atoms with Crippen LogP contribution in [-0.4, -0.2) is 33.8 Å². The summed E-state index contributed by atoms with van der Waals surface area (Å²) in [6.45, 7) is 0.724. The molecule has 1 fully saturated rings. The molecule has 1 aliphatic rings. The zero-order valence-corrected chi connectivity index (χ0v) is 12.3. The number of H-pyrrole nitrogens is 1. The number of benzene rings is 1. The van der Waals surface area contributed by atoms with Crippen molar-refractivity contribution in [1.29, 1.82) is 0 Å². The van der Waals surface area contributed by atoms with Crippen LogP contribution in [0, 0.1) is 0 Å². The van der Waals surface area contributed by atoms with Gasteiger partial charge in [-0.05, 0) is 11.6 Å². The lowest BCUT2D eigenvalue weighted by molar-refractivity contribution is 0.0701. The summed E-state index contributed by atoms with van der Waals surface area (Å²) in [5, 5.41) is 0. The Labute approximate surface area is 127 Å². The van der Waals surface area contributed by atoms with E-state index in [1.807, 2.05) is 34.9 Å². The van der Waals surface area contributed by atoms with Crippen LogP contribution in [-0.2, 0) is 0 Å². The zero-order chi connectivity index (χ0) is 14.7. The van der Waals surface area contributed by atoms with Crippen molar-refractivity contribution >= 4 is 17.7 Å². The molecule has 0 bridgehead atoms. The fourth-order valence-electron chi connectivity index (χ4n) is 2.51. The molecule has 1 aromatic heterocycles. The lowest BCUT2D eigenvalue weighted by Crippen LogP contribution is -2.40. The summed E-state index contributed by atoms with van der Waals surface area (Å²) in [5.41, 5.74) is 1.49. The van der Waals surface area contributed by atoms with E-state index in [-0.39, 0.29) is 17.5 Å². The summed E-state index contributed by atoms with van der Waals surface area (Å²) < 4.78 is 0. The van der Waals surface area contributed by atoms with E-state index in [4.69, 9.17) is 0 Å². The molecule has 0 spiro atoms. The van der Waals surface area contributed by atoms with E-state index in [1.165, 1.54) is 12.3 Å². The van der Waals surface area contributed by atoms with Gasteiger partial charge in [0.1, 0.15) is 0 Å². The highest BCUT2D eigenvalue weighted by molar-refractivity contribution is 7.99. The van der Waals surface area contributed by atoms with Gasteiger partial charge < -0.3 is 9.88 Å². The summed E-state index contributed by atoms with van der Waals surface area (Å²) in [5.74, 6) is 1.82. The first-order valence-corrected chi connectivity index (χ1v) is 8.03. The summed E-state index contributed by atoms with van der Waals surface area (Å²) >= 11 is 1.86. The highest BCUT2D eigenvalue weighted by Gasteiger charge is 2.28. The largest absolute Gasteiger partial charge is 0.330 e. The number of hydrogen-bond donors (Lipinski definition) is 1. The second kappa shape index (κ2) is 6.18. The van der Waals surface area contributed by atoms with Crippen LogP contribution in [0.5, 0.6) is 0 Å². The van der Waals surface area contributed by atoms with Gasteiger partial charge in [0.05, 0.1) is 11.6 Å². The molecule has 108 valence electrons. The molecular weight excluding hydrogens is 284 g/mol. The summed E-state index contributed by atoms with van der Waals surface area (Å²) in [6, 6.07) is 13.2. The highest BCUT2D eigenvalue weighted by Crippen LogP contribution is 2.30. The van der Waals surface area contributed by atoms with Gasteiger partial charge in [0.25, 0.3) is 5.91 Å². The van der Waals surface area contributed by atoms with Gasteiger partial charge in [-0.15, -0.1) is 0 Å². The number of nitrogens with zero attached hydrogens (tertiary/aromatic N) is 1. The van der Waals surface area contributed by atoms with Gasteiger partial charge in [0.2, 0.25) is 5.56 Å². The Balaban J connectivity index is 1.89. The minimum absolute atomic E-state index is 0.0274. The van der Waals surface area contributed by atoms with Gasteiger partial charge in [0.15, 0.2) is 0 Å². The first-order valence-electron chi connectivity index (χ1n) is 6.88. The lowest BCUT2D eigenvalue weighted by atomic mass is 10.1. The van der Waals surface area contributed by atoms with E-state index in [2.05, 4.69) is 17.1 Å². The molecule has 1 atom stereocenters. The smallest absolute Gasteiger partial charge is 0.255 e. The molecule has 0 saturated carbocycles. The third-order valence-corrected chi connectivity index (χ3v) is 4.63. The normalized spacial score (nSPS) is 18.5. The molecule has 0 aliphatic carbocycles. The van der Waals surface area contributed by atoms with E-state index in [0.717, 1.165) is 23.6 Å². The van der Waals surface area contributed by atoms with Crippen molar-refractivity contribution in [2.75, 3.05) is 18.1 Å². The summed E-state index contributed by atoms with van der Waals surface area (Å²) in [7, 11) is 0. The van der Waals surface area contributed by atoms with Gasteiger partial charge in [-0.2, -0.15) is 11.8 Å². The van der Waals surface area contributed by atoms with Crippen LogP contribution in [0.2, 0.25) is 0 Å². The minimum Gasteiger partial charge on any atom is -0.330 e. The van der Waals surface area contributed by atoms with Crippen molar-refractivity contribution in [3.05, 3.63) is 70.1 Å². The summed E-state index contributed by atoms with van der Waals surface area (Å²) in [4.78, 5) is 28.3. The van der Waals surface area contributed by atoms with Gasteiger partial charge >= 0.3 is 0 Å². The molecule has 5 heteroatoms. The van der Waals surface area contributed by atoms with Gasteiger partial charge in [0, 0.05) is 30.3 Å². The zero-order valence-electron chi connectivity index (χ0n) is 11.5. The molecule has 1 amide bonds. The van der Waals surface area contributed by atoms with Crippen molar-refractivity contribution in [3.8, 4) is 0 Å². The van der Waals surface area contributed by atoms with E-state index < -0.39 is 0 Å². The molecule has 2 heterocycles. The van der Waals surface area contributed by atoms with Gasteiger partial charge in [-0.25, -0.2) is 0 Å². The molecule has 4 nitrogen and oxygen atoms in total. The Morgan fingerprint density at radius 2 is 2.00 bits per heavy atom. The second-order valence-corrected chi connectivity index (χ2v) is 6.09. The molecule has 2 aromatic rings. The lowest BCUT2D eigenvalue weighted by Gasteiger charge is -2.35. The minimum atomic E-state index is -0.194. The van der Waals surface area contributed by atoms with Crippen molar-refractivity contribution in [1.82, 2.24) is 9.88 Å². The van der Waals surface area contributed by atoms with Crippen molar-refractivity contribution in [3.63, 3.8) is 0 Å². The third kappa shape index (κ3) is 3.03. The van der Waals surface area contributed by atoms with Crippen LogP contribution in [0.1, 0.15) is 22.0 Å². The molecule has 3 rings (SSSR count). The van der Waals surface area contributed by atoms with Crippen LogP contribution in [0.3, 0.4) is 0 Å². The fourth-order valence-corrected chi connectivity index (χ4v) is 3.60. The first kappa shape index (κ1) is 13.9. The number of thioether (sulfide) groups is 1. The Hall–Kier alpha value is -2.01. The van der Waals surface area contributed by atoms with E-state index in [1.54, 1.807) is 6.07 Å². The van der Waals surface area contributed by atoms with Crippen LogP contribution in [0.4, 0.5) is 0 Å². The molecule has 0 radical (unpaired) electrons. The Bertz CT molecular complexity index is 664. The number of carbonyl (C=O) groups is 1. The maximum Gasteiger partial charge on any atom is 0.255 e. The molecule has 1 aromatic carbocycles. The van der Waals surface area contributed by atoms with Crippen molar-refractivity contribution in [2.45, 2.75) is 6.04 Å². The average Bonchev–Trinajstić information content (AvgIpc) is 2.56. The van der Waals surface area contributed by atoms with Crippen LogP contribution in [0.25, 0.3) is 0 Å². The fraction of sp³-hybridized carbons (Fsp3) is 0.250. The second-order valence-electron chi connectivity index (χ2n) is 4.94. The molecule has 1 aliphatic heterocycles.